The molecule has 3 aromatic rings. The van der Waals surface area contributed by atoms with Crippen LogP contribution in [0.3, 0.4) is 0 Å². The summed E-state index contributed by atoms with van der Waals surface area (Å²) in [5, 5.41) is 11.0. The monoisotopic (exact) mass is 333 g/mol. The van der Waals surface area contributed by atoms with Gasteiger partial charge in [-0.1, -0.05) is 18.7 Å². The van der Waals surface area contributed by atoms with Gasteiger partial charge in [-0.15, -0.1) is 5.10 Å². The molecule has 3 N–H and O–H groups in total. The number of nitrogens with one attached hydrogen (secondary N) is 3. The number of nitrogens with zero attached hydrogens (tertiary/aromatic N) is 2. The predicted octanol–water partition coefficient (Wildman–Crippen LogP) is 2.40. The summed E-state index contributed by atoms with van der Waals surface area (Å²) < 4.78 is 13.1. The Bertz CT molecular complexity index is 828. The summed E-state index contributed by atoms with van der Waals surface area (Å²) in [6, 6.07) is 6.37. The Labute approximate surface area is 136 Å². The maximum Gasteiger partial charge on any atom is 0.230 e. The van der Waals surface area contributed by atoms with Gasteiger partial charge in [-0.2, -0.15) is 0 Å². The van der Waals surface area contributed by atoms with Gasteiger partial charge in [0.15, 0.2) is 0 Å². The number of carbonyl (C=O) groups is 1. The number of benzene rings is 1. The zero-order valence-electron chi connectivity index (χ0n) is 12.5. The number of aryl methyl sites for hydroxylation is 1. The third-order valence-corrected chi connectivity index (χ3v) is 4.14. The first-order valence-electron chi connectivity index (χ1n) is 7.22. The summed E-state index contributed by atoms with van der Waals surface area (Å²) in [7, 11) is 0. The van der Waals surface area contributed by atoms with Crippen LogP contribution in [0.5, 0.6) is 0 Å². The number of carbonyl (C=O) groups excluding carboxylic acids is 1. The molecule has 1 aromatic carbocycles. The Morgan fingerprint density at radius 3 is 3.04 bits per heavy atom. The summed E-state index contributed by atoms with van der Waals surface area (Å²) in [6.07, 6.45) is 0.779. The van der Waals surface area contributed by atoms with Crippen LogP contribution in [-0.4, -0.2) is 31.8 Å². The second-order valence-electron chi connectivity index (χ2n) is 5.01. The fourth-order valence-corrected chi connectivity index (χ4v) is 2.78. The highest BCUT2D eigenvalue weighted by Gasteiger charge is 2.08. The fraction of sp³-hybridized carbons (Fsp3) is 0.267. The maximum atomic E-state index is 13.1. The average molecular weight is 333 g/mol. The van der Waals surface area contributed by atoms with Gasteiger partial charge in [-0.25, -0.2) is 9.37 Å². The van der Waals surface area contributed by atoms with E-state index in [0.29, 0.717) is 11.7 Å². The molecule has 0 aliphatic rings. The third-order valence-electron chi connectivity index (χ3n) is 3.29. The zero-order valence-corrected chi connectivity index (χ0v) is 13.3. The summed E-state index contributed by atoms with van der Waals surface area (Å²) in [5.41, 5.74) is 1.67. The van der Waals surface area contributed by atoms with Crippen molar-refractivity contribution < 1.29 is 9.18 Å². The molecule has 0 radical (unpaired) electrons. The van der Waals surface area contributed by atoms with Crippen LogP contribution in [0.4, 0.5) is 4.39 Å². The fourth-order valence-electron chi connectivity index (χ4n) is 2.13. The normalized spacial score (nSPS) is 11.0. The van der Waals surface area contributed by atoms with E-state index in [9.17, 15) is 9.18 Å². The van der Waals surface area contributed by atoms with E-state index in [-0.39, 0.29) is 17.5 Å². The molecule has 0 unspecified atom stereocenters. The van der Waals surface area contributed by atoms with Gasteiger partial charge >= 0.3 is 0 Å². The van der Waals surface area contributed by atoms with Gasteiger partial charge in [0, 0.05) is 23.0 Å². The average Bonchev–Trinajstić information content (AvgIpc) is 3.16. The third kappa shape index (κ3) is 3.89. The quantitative estimate of drug-likeness (QED) is 0.605. The van der Waals surface area contributed by atoms with Gasteiger partial charge in [0.25, 0.3) is 0 Å². The standard InChI is InChI=1S/C15H16FN5OS/c1-2-13-19-15(21-20-13)23-8-14(22)17-7-11-6-9-5-10(16)3-4-12(9)18-11/h3-6,18H,2,7-8H2,1H3,(H,17,22)(H,19,20,21). The summed E-state index contributed by atoms with van der Waals surface area (Å²) in [4.78, 5) is 19.2. The number of thioether (sulfide) groups is 1. The summed E-state index contributed by atoms with van der Waals surface area (Å²) in [6.45, 7) is 2.35. The van der Waals surface area contributed by atoms with E-state index in [2.05, 4.69) is 25.5 Å². The predicted molar refractivity (Wildman–Crippen MR) is 86.6 cm³/mol. The molecule has 0 spiro atoms. The molecule has 6 nitrogen and oxygen atoms in total. The van der Waals surface area contributed by atoms with Crippen LogP contribution in [0, 0.1) is 5.82 Å². The van der Waals surface area contributed by atoms with Gasteiger partial charge in [-0.3, -0.25) is 9.89 Å². The van der Waals surface area contributed by atoms with Crippen LogP contribution >= 0.6 is 11.8 Å². The number of hydrogen-bond donors (Lipinski definition) is 3. The van der Waals surface area contributed by atoms with Crippen molar-refractivity contribution in [1.29, 1.82) is 0 Å². The molecule has 0 atom stereocenters. The topological polar surface area (TPSA) is 86.5 Å². The maximum absolute atomic E-state index is 13.1. The number of aromatic amines is 2. The zero-order chi connectivity index (χ0) is 16.2. The van der Waals surface area contributed by atoms with E-state index in [1.54, 1.807) is 6.07 Å². The number of hydrogen-bond acceptors (Lipinski definition) is 4. The van der Waals surface area contributed by atoms with E-state index in [1.807, 2.05) is 13.0 Å². The minimum Gasteiger partial charge on any atom is -0.357 e. The molecule has 2 aromatic heterocycles. The van der Waals surface area contributed by atoms with Crippen LogP contribution < -0.4 is 5.32 Å². The smallest absolute Gasteiger partial charge is 0.230 e. The minimum absolute atomic E-state index is 0.109. The summed E-state index contributed by atoms with van der Waals surface area (Å²) in [5.74, 6) is 0.665. The lowest BCUT2D eigenvalue weighted by molar-refractivity contribution is -0.118. The molecule has 0 saturated carbocycles. The highest BCUT2D eigenvalue weighted by atomic mass is 32.2. The Balaban J connectivity index is 1.51. The van der Waals surface area contributed by atoms with Crippen molar-refractivity contribution in [3.8, 4) is 0 Å². The van der Waals surface area contributed by atoms with Gasteiger partial charge in [0.2, 0.25) is 11.1 Å². The Morgan fingerprint density at radius 1 is 1.39 bits per heavy atom. The second kappa shape index (κ2) is 6.82. The number of amides is 1. The Hall–Kier alpha value is -2.35. The first-order valence-corrected chi connectivity index (χ1v) is 8.20. The number of fused-ring (bicyclic) bond motifs is 1. The molecule has 120 valence electrons. The van der Waals surface area contributed by atoms with Crippen molar-refractivity contribution in [3.05, 3.63) is 41.6 Å². The number of rotatable bonds is 6. The molecule has 23 heavy (non-hydrogen) atoms. The van der Waals surface area contributed by atoms with Crippen LogP contribution in [0.1, 0.15) is 18.4 Å². The molecule has 8 heteroatoms. The molecular formula is C15H16FN5OS. The van der Waals surface area contributed by atoms with Crippen LogP contribution in [0.25, 0.3) is 10.9 Å². The van der Waals surface area contributed by atoms with Gasteiger partial charge in [0.05, 0.1) is 12.3 Å². The van der Waals surface area contributed by atoms with E-state index in [0.717, 1.165) is 28.8 Å². The molecular weight excluding hydrogens is 317 g/mol. The van der Waals surface area contributed by atoms with Crippen LogP contribution in [0.2, 0.25) is 0 Å². The molecule has 0 fully saturated rings. The van der Waals surface area contributed by atoms with E-state index in [4.69, 9.17) is 0 Å². The lowest BCUT2D eigenvalue weighted by atomic mass is 10.2. The lowest BCUT2D eigenvalue weighted by Gasteiger charge is -2.02. The largest absolute Gasteiger partial charge is 0.357 e. The van der Waals surface area contributed by atoms with Crippen molar-refractivity contribution in [1.82, 2.24) is 25.5 Å². The van der Waals surface area contributed by atoms with E-state index < -0.39 is 0 Å². The van der Waals surface area contributed by atoms with Gasteiger partial charge < -0.3 is 10.3 Å². The highest BCUT2D eigenvalue weighted by molar-refractivity contribution is 7.99. The van der Waals surface area contributed by atoms with Crippen molar-refractivity contribution in [3.63, 3.8) is 0 Å². The Kier molecular flexibility index (Phi) is 4.61. The van der Waals surface area contributed by atoms with Gasteiger partial charge in [-0.05, 0) is 24.3 Å². The molecule has 0 saturated heterocycles. The molecule has 1 amide bonds. The Morgan fingerprint density at radius 2 is 2.26 bits per heavy atom. The van der Waals surface area contributed by atoms with Gasteiger partial charge in [0.1, 0.15) is 11.6 Å². The van der Waals surface area contributed by atoms with Crippen LogP contribution in [-0.2, 0) is 17.8 Å². The molecule has 0 aliphatic heterocycles. The van der Waals surface area contributed by atoms with Crippen molar-refractivity contribution in [2.24, 2.45) is 0 Å². The highest BCUT2D eigenvalue weighted by Crippen LogP contribution is 2.17. The molecule has 2 heterocycles. The number of halogens is 1. The van der Waals surface area contributed by atoms with E-state index >= 15 is 0 Å². The first kappa shape index (κ1) is 15.5. The van der Waals surface area contributed by atoms with Crippen LogP contribution in [0.15, 0.2) is 29.4 Å². The molecule has 0 aliphatic carbocycles. The van der Waals surface area contributed by atoms with Crippen molar-refractivity contribution >= 4 is 28.6 Å². The lowest BCUT2D eigenvalue weighted by Crippen LogP contribution is -2.24. The number of aromatic nitrogens is 4. The molecule has 0 bridgehead atoms. The second-order valence-corrected chi connectivity index (χ2v) is 5.95. The minimum atomic E-state index is -0.276. The van der Waals surface area contributed by atoms with E-state index in [1.165, 1.54) is 23.9 Å². The molecule has 3 rings (SSSR count). The summed E-state index contributed by atoms with van der Waals surface area (Å²) >= 11 is 1.28. The SMILES string of the molecule is CCc1nc(SCC(=O)NCc2cc3cc(F)ccc3[nH]2)n[nH]1. The van der Waals surface area contributed by atoms with Crippen molar-refractivity contribution in [2.45, 2.75) is 25.0 Å². The first-order chi connectivity index (χ1) is 11.1. The number of H-pyrrole nitrogens is 2. The van der Waals surface area contributed by atoms with Crippen molar-refractivity contribution in [2.75, 3.05) is 5.75 Å².